The van der Waals surface area contributed by atoms with Crippen LogP contribution in [0.3, 0.4) is 0 Å². The molecule has 0 aliphatic rings. The van der Waals surface area contributed by atoms with E-state index in [0.29, 0.717) is 6.61 Å². The summed E-state index contributed by atoms with van der Waals surface area (Å²) < 4.78 is 7.53. The van der Waals surface area contributed by atoms with Crippen LogP contribution in [-0.2, 0) is 19.4 Å². The van der Waals surface area contributed by atoms with Gasteiger partial charge in [-0.05, 0) is 29.8 Å². The molecule has 0 amide bonds. The Labute approximate surface area is 155 Å². The van der Waals surface area contributed by atoms with E-state index in [1.165, 1.54) is 5.56 Å². The third-order valence-corrected chi connectivity index (χ3v) is 4.98. The van der Waals surface area contributed by atoms with Crippen LogP contribution < -0.4 is 4.74 Å². The van der Waals surface area contributed by atoms with E-state index in [1.54, 1.807) is 29.0 Å². The Balaban J connectivity index is 1.38. The molecule has 4 aromatic rings. The van der Waals surface area contributed by atoms with Crippen LogP contribution in [0.4, 0.5) is 0 Å². The normalized spacial score (nSPS) is 11.0. The van der Waals surface area contributed by atoms with Crippen molar-refractivity contribution in [2.75, 3.05) is 0 Å². The molecule has 0 aliphatic carbocycles. The van der Waals surface area contributed by atoms with E-state index in [9.17, 15) is 0 Å². The predicted molar refractivity (Wildman–Crippen MR) is 101 cm³/mol. The first kappa shape index (κ1) is 16.5. The molecule has 0 fully saturated rings. The molecule has 0 aliphatic heterocycles. The van der Waals surface area contributed by atoms with Gasteiger partial charge < -0.3 is 4.74 Å². The molecular formula is C19H17N5OS. The fourth-order valence-corrected chi connectivity index (χ4v) is 3.45. The quantitative estimate of drug-likeness (QED) is 0.385. The molecule has 0 atom stereocenters. The van der Waals surface area contributed by atoms with Crippen molar-refractivity contribution in [2.24, 2.45) is 7.05 Å². The molecule has 0 radical (unpaired) electrons. The highest BCUT2D eigenvalue weighted by Gasteiger charge is 2.08. The van der Waals surface area contributed by atoms with Gasteiger partial charge in [-0.25, -0.2) is 9.97 Å². The predicted octanol–water partition coefficient (Wildman–Crippen LogP) is 3.63. The van der Waals surface area contributed by atoms with Crippen LogP contribution in [0.5, 0.6) is 5.75 Å². The lowest BCUT2D eigenvalue weighted by Gasteiger charge is -2.07. The Morgan fingerprint density at radius 3 is 2.73 bits per heavy atom. The van der Waals surface area contributed by atoms with Crippen molar-refractivity contribution in [3.8, 4) is 5.75 Å². The van der Waals surface area contributed by atoms with Crippen LogP contribution in [0.2, 0.25) is 0 Å². The van der Waals surface area contributed by atoms with Crippen LogP contribution in [0.25, 0.3) is 11.0 Å². The molecule has 0 N–H and O–H groups in total. The van der Waals surface area contributed by atoms with E-state index in [4.69, 9.17) is 4.74 Å². The summed E-state index contributed by atoms with van der Waals surface area (Å²) in [5.74, 6) is 1.66. The summed E-state index contributed by atoms with van der Waals surface area (Å²) in [4.78, 5) is 12.9. The molecule has 0 unspecified atom stereocenters. The molecule has 1 aromatic carbocycles. The fourth-order valence-electron chi connectivity index (χ4n) is 2.53. The number of aryl methyl sites for hydroxylation is 1. The number of fused-ring (bicyclic) bond motifs is 1. The van der Waals surface area contributed by atoms with Gasteiger partial charge in [-0.15, -0.1) is 11.8 Å². The minimum atomic E-state index is 0.467. The highest BCUT2D eigenvalue weighted by atomic mass is 32.2. The first-order valence-electron chi connectivity index (χ1n) is 8.17. The van der Waals surface area contributed by atoms with Crippen LogP contribution in [-0.4, -0.2) is 24.7 Å². The first-order valence-corrected chi connectivity index (χ1v) is 9.15. The average molecular weight is 363 g/mol. The second kappa shape index (κ2) is 7.53. The molecule has 0 bridgehead atoms. The molecule has 0 saturated heterocycles. The van der Waals surface area contributed by atoms with Crippen molar-refractivity contribution in [3.05, 3.63) is 72.4 Å². The van der Waals surface area contributed by atoms with Gasteiger partial charge in [0.05, 0.1) is 17.3 Å². The average Bonchev–Trinajstić information content (AvgIpc) is 3.08. The highest BCUT2D eigenvalue weighted by molar-refractivity contribution is 7.98. The van der Waals surface area contributed by atoms with Gasteiger partial charge in [0.15, 0.2) is 5.65 Å². The molecule has 7 heteroatoms. The van der Waals surface area contributed by atoms with Gasteiger partial charge in [0.25, 0.3) is 0 Å². The van der Waals surface area contributed by atoms with Crippen LogP contribution in [0, 0.1) is 0 Å². The van der Waals surface area contributed by atoms with Crippen molar-refractivity contribution in [3.63, 3.8) is 0 Å². The SMILES string of the molecule is Cn1ncc2c(SCc3ccc(OCc4ccccn4)cc3)ncnc21. The highest BCUT2D eigenvalue weighted by Crippen LogP contribution is 2.27. The standard InChI is InChI=1S/C19H17N5OS/c1-24-18-17(10-23-24)19(22-13-21-18)26-12-14-5-7-16(8-6-14)25-11-15-4-2-3-9-20-15/h2-10,13H,11-12H2,1H3. The summed E-state index contributed by atoms with van der Waals surface area (Å²) in [5, 5.41) is 6.17. The van der Waals surface area contributed by atoms with Crippen molar-refractivity contribution in [2.45, 2.75) is 17.4 Å². The fraction of sp³-hybridized carbons (Fsp3) is 0.158. The largest absolute Gasteiger partial charge is 0.487 e. The number of pyridine rings is 1. The lowest BCUT2D eigenvalue weighted by atomic mass is 10.2. The Morgan fingerprint density at radius 2 is 1.92 bits per heavy atom. The number of hydrogen-bond donors (Lipinski definition) is 0. The van der Waals surface area contributed by atoms with Crippen molar-refractivity contribution < 1.29 is 4.74 Å². The molecule has 26 heavy (non-hydrogen) atoms. The molecule has 3 heterocycles. The molecule has 6 nitrogen and oxygen atoms in total. The zero-order valence-corrected chi connectivity index (χ0v) is 15.1. The first-order chi connectivity index (χ1) is 12.8. The Morgan fingerprint density at radius 1 is 1.04 bits per heavy atom. The van der Waals surface area contributed by atoms with E-state index in [2.05, 4.69) is 32.2 Å². The zero-order valence-electron chi connectivity index (χ0n) is 14.2. The van der Waals surface area contributed by atoms with E-state index >= 15 is 0 Å². The third kappa shape index (κ3) is 3.67. The summed E-state index contributed by atoms with van der Waals surface area (Å²) in [7, 11) is 1.88. The topological polar surface area (TPSA) is 65.7 Å². The maximum Gasteiger partial charge on any atom is 0.162 e. The van der Waals surface area contributed by atoms with Crippen LogP contribution >= 0.6 is 11.8 Å². The van der Waals surface area contributed by atoms with Gasteiger partial charge in [0, 0.05) is 19.0 Å². The Bertz CT molecular complexity index is 1000. The summed E-state index contributed by atoms with van der Waals surface area (Å²) in [6.45, 7) is 0.467. The van der Waals surface area contributed by atoms with Gasteiger partial charge in [0.2, 0.25) is 0 Å². The van der Waals surface area contributed by atoms with E-state index in [-0.39, 0.29) is 0 Å². The second-order valence-electron chi connectivity index (χ2n) is 5.73. The summed E-state index contributed by atoms with van der Waals surface area (Å²) in [5.41, 5.74) is 2.97. The summed E-state index contributed by atoms with van der Waals surface area (Å²) >= 11 is 1.68. The van der Waals surface area contributed by atoms with Crippen molar-refractivity contribution in [1.29, 1.82) is 0 Å². The molecule has 130 valence electrons. The molecule has 0 spiro atoms. The number of benzene rings is 1. The van der Waals surface area contributed by atoms with Gasteiger partial charge in [0.1, 0.15) is 23.7 Å². The number of ether oxygens (including phenoxy) is 1. The summed E-state index contributed by atoms with van der Waals surface area (Å²) in [6, 6.07) is 13.9. The minimum Gasteiger partial charge on any atom is -0.487 e. The van der Waals surface area contributed by atoms with Crippen molar-refractivity contribution >= 4 is 22.8 Å². The minimum absolute atomic E-state index is 0.467. The van der Waals surface area contributed by atoms with Gasteiger partial charge in [-0.1, -0.05) is 18.2 Å². The molecule has 0 saturated carbocycles. The van der Waals surface area contributed by atoms with Crippen LogP contribution in [0.15, 0.2) is 66.2 Å². The molecule has 4 rings (SSSR count). The number of rotatable bonds is 6. The van der Waals surface area contributed by atoms with Crippen LogP contribution in [0.1, 0.15) is 11.3 Å². The number of hydrogen-bond acceptors (Lipinski definition) is 6. The lowest BCUT2D eigenvalue weighted by Crippen LogP contribution is -1.97. The summed E-state index contributed by atoms with van der Waals surface area (Å²) in [6.07, 6.45) is 5.17. The number of aromatic nitrogens is 5. The maximum atomic E-state index is 5.77. The zero-order chi connectivity index (χ0) is 17.8. The number of thioether (sulfide) groups is 1. The van der Waals surface area contributed by atoms with E-state index in [1.807, 2.05) is 43.6 Å². The lowest BCUT2D eigenvalue weighted by molar-refractivity contribution is 0.301. The van der Waals surface area contributed by atoms with Crippen molar-refractivity contribution in [1.82, 2.24) is 24.7 Å². The molecular weight excluding hydrogens is 346 g/mol. The monoisotopic (exact) mass is 363 g/mol. The maximum absolute atomic E-state index is 5.77. The van der Waals surface area contributed by atoms with Gasteiger partial charge in [-0.2, -0.15) is 5.10 Å². The Hall–Kier alpha value is -2.93. The second-order valence-corrected chi connectivity index (χ2v) is 6.69. The molecule has 3 aromatic heterocycles. The Kier molecular flexibility index (Phi) is 4.79. The smallest absolute Gasteiger partial charge is 0.162 e. The third-order valence-electron chi connectivity index (χ3n) is 3.90. The van der Waals surface area contributed by atoms with Gasteiger partial charge in [-0.3, -0.25) is 9.67 Å². The van der Waals surface area contributed by atoms with E-state index < -0.39 is 0 Å². The van der Waals surface area contributed by atoms with Gasteiger partial charge >= 0.3 is 0 Å². The van der Waals surface area contributed by atoms with E-state index in [0.717, 1.165) is 33.3 Å². The number of nitrogens with zero attached hydrogens (tertiary/aromatic N) is 5.